The highest BCUT2D eigenvalue weighted by Crippen LogP contribution is 2.24. The lowest BCUT2D eigenvalue weighted by atomic mass is 10.2. The van der Waals surface area contributed by atoms with Gasteiger partial charge in [-0.3, -0.25) is 0 Å². The fourth-order valence-corrected chi connectivity index (χ4v) is 1.50. The molecule has 0 bridgehead atoms. The Kier molecular flexibility index (Phi) is 1.86. The second-order valence-electron chi connectivity index (χ2n) is 3.39. The molecule has 0 spiro atoms. The molecule has 2 aromatic heterocycles. The van der Waals surface area contributed by atoms with Gasteiger partial charge in [0.25, 0.3) is 0 Å². The largest absolute Gasteiger partial charge is 0.508 e. The van der Waals surface area contributed by atoms with Crippen LogP contribution in [0.3, 0.4) is 0 Å². The summed E-state index contributed by atoms with van der Waals surface area (Å²) >= 11 is 0. The molecule has 0 saturated carbocycles. The van der Waals surface area contributed by atoms with Gasteiger partial charge in [0.2, 0.25) is 11.6 Å². The molecule has 0 unspecified atom stereocenters. The van der Waals surface area contributed by atoms with Crippen molar-refractivity contribution in [1.82, 2.24) is 9.97 Å². The van der Waals surface area contributed by atoms with Crippen LogP contribution in [0.15, 0.2) is 47.0 Å². The highest BCUT2D eigenvalue weighted by Gasteiger charge is 2.07. The molecule has 0 amide bonds. The molecule has 3 aromatic rings. The van der Waals surface area contributed by atoms with Gasteiger partial charge in [0.05, 0.1) is 0 Å². The minimum atomic E-state index is 0.220. The van der Waals surface area contributed by atoms with Crippen molar-refractivity contribution in [3.63, 3.8) is 0 Å². The number of hydrogen-bond acceptors (Lipinski definition) is 4. The third-order valence-electron chi connectivity index (χ3n) is 2.28. The van der Waals surface area contributed by atoms with Crippen molar-refractivity contribution in [2.45, 2.75) is 0 Å². The quantitative estimate of drug-likeness (QED) is 0.673. The molecule has 0 aliphatic heterocycles. The lowest BCUT2D eigenvalue weighted by molar-refractivity contribution is 0.475. The van der Waals surface area contributed by atoms with Crippen molar-refractivity contribution < 1.29 is 9.52 Å². The van der Waals surface area contributed by atoms with Crippen LogP contribution in [0.1, 0.15) is 0 Å². The van der Waals surface area contributed by atoms with Gasteiger partial charge < -0.3 is 9.52 Å². The number of fused-ring (bicyclic) bond motifs is 1. The number of pyridine rings is 1. The van der Waals surface area contributed by atoms with Crippen molar-refractivity contribution in [2.75, 3.05) is 0 Å². The molecule has 4 nitrogen and oxygen atoms in total. The number of hydrogen-bond donors (Lipinski definition) is 1. The predicted octanol–water partition coefficient (Wildman–Crippen LogP) is 2.60. The zero-order valence-corrected chi connectivity index (χ0v) is 8.29. The molecule has 1 N–H and O–H groups in total. The second-order valence-corrected chi connectivity index (χ2v) is 3.39. The molecule has 0 aliphatic carbocycles. The molecule has 4 heteroatoms. The SMILES string of the molecule is Oc1ccc(-c2nc3cccnc3o2)cc1. The molecular formula is C12H8N2O2. The van der Waals surface area contributed by atoms with E-state index < -0.39 is 0 Å². The smallest absolute Gasteiger partial charge is 0.247 e. The van der Waals surface area contributed by atoms with Gasteiger partial charge in [-0.05, 0) is 36.4 Å². The van der Waals surface area contributed by atoms with E-state index in [0.29, 0.717) is 11.6 Å². The third kappa shape index (κ3) is 1.40. The summed E-state index contributed by atoms with van der Waals surface area (Å²) < 4.78 is 5.49. The predicted molar refractivity (Wildman–Crippen MR) is 58.9 cm³/mol. The zero-order valence-electron chi connectivity index (χ0n) is 8.29. The van der Waals surface area contributed by atoms with Crippen LogP contribution in [0.5, 0.6) is 5.75 Å². The van der Waals surface area contributed by atoms with Gasteiger partial charge in [0.1, 0.15) is 11.3 Å². The lowest BCUT2D eigenvalue weighted by Crippen LogP contribution is -1.75. The Labute approximate surface area is 91.2 Å². The molecule has 1 aromatic carbocycles. The summed E-state index contributed by atoms with van der Waals surface area (Å²) in [4.78, 5) is 8.37. The standard InChI is InChI=1S/C12H8N2O2/c15-9-5-3-8(4-6-9)11-14-10-2-1-7-13-12(10)16-11/h1-7,15H. The molecule has 0 radical (unpaired) electrons. The Bertz CT molecular complexity index is 596. The maximum atomic E-state index is 9.18. The number of oxazole rings is 1. The van der Waals surface area contributed by atoms with Crippen LogP contribution in [0.25, 0.3) is 22.7 Å². The molecule has 16 heavy (non-hydrogen) atoms. The first kappa shape index (κ1) is 8.91. The van der Waals surface area contributed by atoms with E-state index >= 15 is 0 Å². The van der Waals surface area contributed by atoms with Crippen molar-refractivity contribution in [3.8, 4) is 17.2 Å². The molecule has 0 aliphatic rings. The molecule has 2 heterocycles. The Hall–Kier alpha value is -2.36. The van der Waals surface area contributed by atoms with Crippen LogP contribution in [-0.2, 0) is 0 Å². The fraction of sp³-hybridized carbons (Fsp3) is 0. The van der Waals surface area contributed by atoms with Gasteiger partial charge in [0.15, 0.2) is 0 Å². The van der Waals surface area contributed by atoms with E-state index in [9.17, 15) is 5.11 Å². The molecule has 3 rings (SSSR count). The summed E-state index contributed by atoms with van der Waals surface area (Å²) in [5.74, 6) is 0.728. The van der Waals surface area contributed by atoms with Crippen LogP contribution in [0.2, 0.25) is 0 Å². The van der Waals surface area contributed by atoms with Crippen molar-refractivity contribution in [3.05, 3.63) is 42.6 Å². The summed E-state index contributed by atoms with van der Waals surface area (Å²) in [6.07, 6.45) is 1.66. The van der Waals surface area contributed by atoms with Crippen LogP contribution in [0, 0.1) is 0 Å². The van der Waals surface area contributed by atoms with E-state index in [1.807, 2.05) is 12.1 Å². The minimum Gasteiger partial charge on any atom is -0.508 e. The van der Waals surface area contributed by atoms with E-state index in [2.05, 4.69) is 9.97 Å². The topological polar surface area (TPSA) is 59.2 Å². The average molecular weight is 212 g/mol. The Morgan fingerprint density at radius 1 is 1.06 bits per heavy atom. The molecule has 0 atom stereocenters. The van der Waals surface area contributed by atoms with Crippen LogP contribution in [0.4, 0.5) is 0 Å². The Morgan fingerprint density at radius 3 is 2.62 bits per heavy atom. The number of nitrogens with zero attached hydrogens (tertiary/aromatic N) is 2. The van der Waals surface area contributed by atoms with Gasteiger partial charge in [-0.15, -0.1) is 0 Å². The van der Waals surface area contributed by atoms with Crippen molar-refractivity contribution in [2.24, 2.45) is 0 Å². The average Bonchev–Trinajstić information content (AvgIpc) is 2.73. The number of aromatic hydroxyl groups is 1. The Morgan fingerprint density at radius 2 is 1.88 bits per heavy atom. The van der Waals surface area contributed by atoms with Crippen LogP contribution >= 0.6 is 0 Å². The summed E-state index contributed by atoms with van der Waals surface area (Å²) in [5.41, 5.74) is 2.06. The number of benzene rings is 1. The molecule has 78 valence electrons. The van der Waals surface area contributed by atoms with E-state index in [4.69, 9.17) is 4.42 Å². The van der Waals surface area contributed by atoms with E-state index in [-0.39, 0.29) is 5.75 Å². The van der Waals surface area contributed by atoms with Gasteiger partial charge in [-0.1, -0.05) is 0 Å². The highest BCUT2D eigenvalue weighted by atomic mass is 16.4. The monoisotopic (exact) mass is 212 g/mol. The Balaban J connectivity index is 2.15. The lowest BCUT2D eigenvalue weighted by Gasteiger charge is -1.94. The molecule has 0 fully saturated rings. The van der Waals surface area contributed by atoms with Crippen LogP contribution < -0.4 is 0 Å². The first-order chi connectivity index (χ1) is 7.83. The maximum Gasteiger partial charge on any atom is 0.247 e. The van der Waals surface area contributed by atoms with Gasteiger partial charge in [0, 0.05) is 11.8 Å². The number of phenolic OH excluding ortho intramolecular Hbond substituents is 1. The molecule has 0 saturated heterocycles. The van der Waals surface area contributed by atoms with Gasteiger partial charge >= 0.3 is 0 Å². The van der Waals surface area contributed by atoms with E-state index in [0.717, 1.165) is 11.1 Å². The normalized spacial score (nSPS) is 10.8. The number of rotatable bonds is 1. The third-order valence-corrected chi connectivity index (χ3v) is 2.28. The first-order valence-corrected chi connectivity index (χ1v) is 4.84. The first-order valence-electron chi connectivity index (χ1n) is 4.84. The second kappa shape index (κ2) is 3.34. The van der Waals surface area contributed by atoms with Gasteiger partial charge in [-0.2, -0.15) is 0 Å². The van der Waals surface area contributed by atoms with Crippen LogP contribution in [-0.4, -0.2) is 15.1 Å². The van der Waals surface area contributed by atoms with Crippen molar-refractivity contribution >= 4 is 11.2 Å². The summed E-state index contributed by atoms with van der Waals surface area (Å²) in [5, 5.41) is 9.18. The fourth-order valence-electron chi connectivity index (χ4n) is 1.50. The van der Waals surface area contributed by atoms with Crippen molar-refractivity contribution in [1.29, 1.82) is 0 Å². The van der Waals surface area contributed by atoms with Gasteiger partial charge in [-0.25, -0.2) is 9.97 Å². The minimum absolute atomic E-state index is 0.220. The summed E-state index contributed by atoms with van der Waals surface area (Å²) in [7, 11) is 0. The summed E-state index contributed by atoms with van der Waals surface area (Å²) in [6, 6.07) is 10.3. The number of phenols is 1. The number of aromatic nitrogens is 2. The van der Waals surface area contributed by atoms with E-state index in [1.54, 1.807) is 30.5 Å². The zero-order chi connectivity index (χ0) is 11.0. The highest BCUT2D eigenvalue weighted by molar-refractivity contribution is 5.72. The maximum absolute atomic E-state index is 9.18. The van der Waals surface area contributed by atoms with E-state index in [1.165, 1.54) is 0 Å². The molecular weight excluding hydrogens is 204 g/mol. The summed E-state index contributed by atoms with van der Waals surface area (Å²) in [6.45, 7) is 0.